The van der Waals surface area contributed by atoms with Gasteiger partial charge in [-0.15, -0.1) is 5.10 Å². The molecule has 0 aromatic heterocycles. The Morgan fingerprint density at radius 1 is 0.442 bits per heavy atom. The third-order valence-corrected chi connectivity index (χ3v) is 25.2. The van der Waals surface area contributed by atoms with Gasteiger partial charge in [-0.1, -0.05) is 0 Å². The van der Waals surface area contributed by atoms with Crippen LogP contribution in [0.3, 0.4) is 0 Å². The summed E-state index contributed by atoms with van der Waals surface area (Å²) in [5.41, 5.74) is 76.3. The molecule has 3 amide bonds. The van der Waals surface area contributed by atoms with Crippen LogP contribution in [0.15, 0.2) is 50.8 Å². The van der Waals surface area contributed by atoms with E-state index in [0.717, 1.165) is 0 Å². The molecule has 0 unspecified atom stereocenters. The number of amides is 3. The van der Waals surface area contributed by atoms with Gasteiger partial charge in [-0.3, -0.25) is 24.1 Å². The molecule has 0 bridgehead atoms. The fourth-order valence-electron chi connectivity index (χ4n) is 17.4. The fourth-order valence-corrected chi connectivity index (χ4v) is 17.4. The predicted molar refractivity (Wildman–Crippen MR) is 517 cm³/mol. The summed E-state index contributed by atoms with van der Waals surface area (Å²) in [7, 11) is 4.69. The number of guanidine groups is 3. The third-order valence-electron chi connectivity index (χ3n) is 25.2. The number of halogens is 2. The number of hydrogen-bond acceptors (Lipinski definition) is 51. The molecule has 36 atom stereocenters. The average molecular weight is 2130 g/mol. The van der Waals surface area contributed by atoms with Gasteiger partial charge in [-0.25, -0.2) is 24.7 Å². The summed E-state index contributed by atoms with van der Waals surface area (Å²) in [6.45, 7) is 7.69. The summed E-state index contributed by atoms with van der Waals surface area (Å²) in [6.07, 6.45) is -21.9. The van der Waals surface area contributed by atoms with E-state index >= 15 is 0 Å². The van der Waals surface area contributed by atoms with E-state index in [2.05, 4.69) is 74.1 Å². The molecule has 9 aliphatic rings. The van der Waals surface area contributed by atoms with Gasteiger partial charge < -0.3 is 261 Å². The number of nitrogens with zero attached hydrogens (tertiary/aromatic N) is 3. The number of ether oxygens (including phenoxy) is 14. The number of hydrogen-bond donors (Lipinski definition) is 37. The van der Waals surface area contributed by atoms with Gasteiger partial charge in [-0.2, -0.15) is 0 Å². The van der Waals surface area contributed by atoms with Gasteiger partial charge >= 0.3 is 0 Å². The second-order valence-electron chi connectivity index (χ2n) is 37.4. The Labute approximate surface area is 850 Å². The number of carbonyl (C=O) groups is 3. The first kappa shape index (κ1) is 127. The summed E-state index contributed by atoms with van der Waals surface area (Å²) in [6, 6.07) is -9.67. The first-order chi connectivity index (χ1) is 69.8. The van der Waals surface area contributed by atoms with Crippen molar-refractivity contribution in [3.8, 4) is 0 Å². The molecule has 3 aliphatic carbocycles. The highest BCUT2D eigenvalue weighted by Gasteiger charge is 2.57. The van der Waals surface area contributed by atoms with E-state index in [1.807, 2.05) is 12.2 Å². The maximum atomic E-state index is 12.8. The lowest BCUT2D eigenvalue weighted by atomic mass is 9.83. The molecule has 60 nitrogen and oxygen atoms in total. The molecule has 0 spiro atoms. The van der Waals surface area contributed by atoms with Crippen LogP contribution in [0.1, 0.15) is 85.0 Å². The molecule has 0 aromatic rings. The maximum Gasteiger partial charge on any atom is 0.257 e. The molecular formula is C85H166F2N28O32. The summed E-state index contributed by atoms with van der Waals surface area (Å²) >= 11 is 0. The molecular weight excluding hydrogens is 1960 g/mol. The Balaban J connectivity index is 0.000000299. The van der Waals surface area contributed by atoms with E-state index in [9.17, 15) is 84.4 Å². The number of rotatable bonds is 54. The molecule has 147 heavy (non-hydrogen) atoms. The SMILES string of the molecule is CN[C@@H]1[C@@H](O)[C@@H](O[C@@H]2[C@@H](O)[C@H](O[C@H]3OC(CNCCCON=C(N)N)=CC[C@H]3N)[C@@H](N)C[C@H]2NC(=O)[C@@H](O)CCN)OC[C@]1(C)O.CN[C@@H]1[C@@H](O)[C@@H](O[C@@H]2[C@@H](O)[C@H](O[C@H]3OC(CNCCOCCONC(N)=NCC(F)F)=CC[C@H]3N)[C@@H](N)C[C@H]2NC(=O)[C@@H](O)CCN)OC[C@]1(C)O.CN[C@@H]1[C@@H](O)[C@@H](O[C@@H]2[C@@H](O)[C@H](O[C@H]3OC(CNCCOCCONC(N)=NN)=CC[C@H]3N)[C@@H](N)C[C@H]2NC(=O)[C@@H](O)CCN)OC[C@]1(C)O. The summed E-state index contributed by atoms with van der Waals surface area (Å²) in [5.74, 6) is 3.94. The molecule has 62 heteroatoms. The number of nitrogens with one attached hydrogen (secondary N) is 11. The number of nitrogens with two attached hydrogens (primary N) is 14. The lowest BCUT2D eigenvalue weighted by Crippen LogP contribution is -2.69. The highest BCUT2D eigenvalue weighted by molar-refractivity contribution is 5.82. The van der Waals surface area contributed by atoms with E-state index in [4.69, 9.17) is 161 Å². The van der Waals surface area contributed by atoms with Crippen molar-refractivity contribution in [1.82, 2.24) is 58.8 Å². The smallest absolute Gasteiger partial charge is 0.257 e. The van der Waals surface area contributed by atoms with Crippen LogP contribution in [0.4, 0.5) is 8.78 Å². The van der Waals surface area contributed by atoms with Crippen LogP contribution in [0, 0.1) is 0 Å². The number of aliphatic imine (C=N–C) groups is 1. The molecule has 852 valence electrons. The van der Waals surface area contributed by atoms with Crippen molar-refractivity contribution in [2.75, 3.05) is 153 Å². The van der Waals surface area contributed by atoms with Crippen molar-refractivity contribution in [2.45, 2.75) is 310 Å². The van der Waals surface area contributed by atoms with Gasteiger partial charge in [0.1, 0.15) is 139 Å². The van der Waals surface area contributed by atoms with Crippen LogP contribution >= 0.6 is 0 Å². The Bertz CT molecular complexity index is 4020. The number of oxime groups is 1. The van der Waals surface area contributed by atoms with E-state index in [-0.39, 0.29) is 116 Å². The summed E-state index contributed by atoms with van der Waals surface area (Å²) in [4.78, 5) is 56.6. The number of aliphatic hydroxyl groups excluding tert-OH is 9. The zero-order valence-electron chi connectivity index (χ0n) is 83.8. The molecule has 0 aromatic carbocycles. The van der Waals surface area contributed by atoms with Gasteiger partial charge in [0.05, 0.1) is 133 Å². The molecule has 6 aliphatic heterocycles. The lowest BCUT2D eigenvalue weighted by Gasteiger charge is -2.49. The van der Waals surface area contributed by atoms with Crippen LogP contribution in [0.5, 0.6) is 0 Å². The molecule has 6 fully saturated rings. The number of alkyl halides is 2. The lowest BCUT2D eigenvalue weighted by molar-refractivity contribution is -0.304. The second kappa shape index (κ2) is 63.4. The molecule has 51 N–H and O–H groups in total. The fraction of sp³-hybridized carbons (Fsp3) is 0.859. The van der Waals surface area contributed by atoms with Gasteiger partial charge in [0, 0.05) is 31.2 Å². The number of carbonyl (C=O) groups excluding carboxylic acids is 3. The highest BCUT2D eigenvalue weighted by Crippen LogP contribution is 2.38. The van der Waals surface area contributed by atoms with E-state index in [0.29, 0.717) is 109 Å². The van der Waals surface area contributed by atoms with Crippen molar-refractivity contribution in [3.63, 3.8) is 0 Å². The van der Waals surface area contributed by atoms with Gasteiger partial charge in [0.2, 0.25) is 54.5 Å². The van der Waals surface area contributed by atoms with Crippen LogP contribution in [0.2, 0.25) is 0 Å². The van der Waals surface area contributed by atoms with Crippen molar-refractivity contribution in [3.05, 3.63) is 35.5 Å². The average Bonchev–Trinajstić information content (AvgIpc) is 0.775. The molecule has 6 heterocycles. The quantitative estimate of drug-likeness (QED) is 0.00884. The summed E-state index contributed by atoms with van der Waals surface area (Å²) < 4.78 is 107. The number of hydrazone groups is 1. The van der Waals surface area contributed by atoms with Crippen LogP contribution in [0.25, 0.3) is 0 Å². The van der Waals surface area contributed by atoms with E-state index in [1.165, 1.54) is 20.8 Å². The van der Waals surface area contributed by atoms with Crippen molar-refractivity contribution < 1.29 is 165 Å². The Morgan fingerprint density at radius 3 is 1.05 bits per heavy atom. The molecule has 9 rings (SSSR count). The van der Waals surface area contributed by atoms with Gasteiger partial charge in [0.25, 0.3) is 6.43 Å². The highest BCUT2D eigenvalue weighted by atomic mass is 19.3. The number of aliphatic hydroxyl groups is 12. The minimum absolute atomic E-state index is 0.00394. The van der Waals surface area contributed by atoms with E-state index in [1.54, 1.807) is 27.2 Å². The van der Waals surface area contributed by atoms with Crippen molar-refractivity contribution in [1.29, 1.82) is 0 Å². The number of hydroxylamine groups is 2. The van der Waals surface area contributed by atoms with Gasteiger partial charge in [0.15, 0.2) is 18.9 Å². The zero-order chi connectivity index (χ0) is 109. The molecule has 0 radical (unpaired) electrons. The monoisotopic (exact) mass is 2130 g/mol. The third kappa shape index (κ3) is 39.6. The first-order valence-corrected chi connectivity index (χ1v) is 48.9. The Hall–Kier alpha value is -7.30. The van der Waals surface area contributed by atoms with Crippen LogP contribution < -0.4 is 139 Å². The van der Waals surface area contributed by atoms with Gasteiger partial charge in [-0.05, 0) is 156 Å². The summed E-state index contributed by atoms with van der Waals surface area (Å²) in [5, 5.41) is 163. The maximum absolute atomic E-state index is 12.8. The van der Waals surface area contributed by atoms with Crippen LogP contribution in [-0.4, -0.2) is 475 Å². The molecule has 3 saturated carbocycles. The Kier molecular flexibility index (Phi) is 54.6. The predicted octanol–water partition coefficient (Wildman–Crippen LogP) is -17.6. The minimum atomic E-state index is -2.61. The Morgan fingerprint density at radius 2 is 0.755 bits per heavy atom. The number of likely N-dealkylation sites (N-methyl/N-ethyl adjacent to an activating group) is 3. The molecule has 3 saturated heterocycles. The van der Waals surface area contributed by atoms with E-state index < -0.39 is 249 Å². The topological polar surface area (TPSA) is 985 Å². The normalized spacial score (nSPS) is 35.9. The second-order valence-corrected chi connectivity index (χ2v) is 37.4. The van der Waals surface area contributed by atoms with Crippen LogP contribution in [-0.2, 0) is 95.2 Å². The standard InChI is InChI=1S/C30H57F2N9O11.C28H56N10O11.C27H53N9O10/c1-30(46)14-48-28(22(44)25(30)37-2)52-24-18(40-26(45)19(42)5-6-33)11-17(35)23(21(24)43)51-27-16(34)4-3-15(50-27)12-38-7-8-47-9-10-49-41-29(36)39-13-20(31)32;1-28(43)13-45-26(20(41)23(28)34-2)49-22-17(36-24(42)18(39)5-6-29)11-16(31)21(19(22)40)48-25-15(30)4-3-14(47-25)12-35-7-8-44-9-10-46-38-27(32)37-33;1-27(41)12-42-25(19(39)22(27)33-2)46-21-16(35-23(40)17(37)6-7-28)10-15(30)20(18(21)38)45-24-14(29)5-4-13(44-24)11-34-8-3-9-43-36-26(31)32/h3,16-25,27-28,37-38,42-44,46H,4-14,33-35H2,1-2H3,(H,40,45)(H3,36,39,41);3,15-23,25-26,34-35,39-41,43H,4-13,29-31,33H2,1-2H3,(H,36,42)(H3,32,37,38);4,14-22,24-25,33-34,37-39,41H,3,5-12,28-30H2,1-2H3,(H,35,40)(H4,31,32,36)/t16-,17+,18-,19+,21+,22-,23-,24+,25-,27-,28-,30+;15-,16+,17-,18+,19+,20-,21-,22+,23-,25-,26-,28+;14-,15+,16-,17+,18+,19-,20-,21+,22-,24-,25-,27+/m111/s1. The van der Waals surface area contributed by atoms with Crippen molar-refractivity contribution >= 4 is 35.6 Å². The van der Waals surface area contributed by atoms with Crippen molar-refractivity contribution in [2.24, 2.45) is 95.6 Å². The zero-order valence-corrected chi connectivity index (χ0v) is 83.8. The minimum Gasteiger partial charge on any atom is -0.467 e. The largest absolute Gasteiger partial charge is 0.467 e. The first-order valence-electron chi connectivity index (χ1n) is 48.9.